The first-order chi connectivity index (χ1) is 15.3. The highest BCUT2D eigenvalue weighted by Crippen LogP contribution is 2.36. The zero-order valence-electron chi connectivity index (χ0n) is 18.5. The van der Waals surface area contributed by atoms with E-state index in [1.807, 2.05) is 0 Å². The lowest BCUT2D eigenvalue weighted by Gasteiger charge is -2.35. The minimum absolute atomic E-state index is 0.0169. The van der Waals surface area contributed by atoms with E-state index in [0.717, 1.165) is 6.07 Å². The number of likely N-dealkylation sites (tertiary alicyclic amines) is 1. The predicted octanol–water partition coefficient (Wildman–Crippen LogP) is 4.76. The summed E-state index contributed by atoms with van der Waals surface area (Å²) in [6, 6.07) is 2.53. The molecule has 1 aliphatic rings. The molecule has 2 atom stereocenters. The monoisotopic (exact) mass is 475 g/mol. The maximum atomic E-state index is 15.1. The smallest absolute Gasteiger partial charge is 0.419 e. The number of rotatable bonds is 4. The molecular weight excluding hydrogens is 449 g/mol. The lowest BCUT2D eigenvalue weighted by atomic mass is 9.94. The van der Waals surface area contributed by atoms with Crippen molar-refractivity contribution < 1.29 is 36.6 Å². The Morgan fingerprint density at radius 1 is 1.27 bits per heavy atom. The summed E-state index contributed by atoms with van der Waals surface area (Å²) in [5, 5.41) is 9.39. The Balaban J connectivity index is 1.87. The van der Waals surface area contributed by atoms with Crippen LogP contribution in [0.25, 0.3) is 11.3 Å². The molecule has 1 aromatic heterocycles. The van der Waals surface area contributed by atoms with Gasteiger partial charge in [0.2, 0.25) is 0 Å². The number of halogens is 5. The van der Waals surface area contributed by atoms with Crippen LogP contribution in [0.15, 0.2) is 24.4 Å². The van der Waals surface area contributed by atoms with Gasteiger partial charge in [-0.05, 0) is 45.4 Å². The van der Waals surface area contributed by atoms with E-state index in [4.69, 9.17) is 4.74 Å². The van der Waals surface area contributed by atoms with Gasteiger partial charge in [-0.2, -0.15) is 13.2 Å². The summed E-state index contributed by atoms with van der Waals surface area (Å²) in [6.45, 7) is 4.85. The van der Waals surface area contributed by atoms with Crippen LogP contribution in [0, 0.1) is 5.82 Å². The zero-order valence-corrected chi connectivity index (χ0v) is 18.5. The van der Waals surface area contributed by atoms with Crippen LogP contribution in [0.1, 0.15) is 44.5 Å². The maximum Gasteiger partial charge on any atom is 0.419 e. The molecule has 2 aromatic rings. The van der Waals surface area contributed by atoms with E-state index in [-0.39, 0.29) is 49.7 Å². The van der Waals surface area contributed by atoms with Crippen molar-refractivity contribution in [2.24, 2.45) is 0 Å². The maximum absolute atomic E-state index is 15.1. The number of aliphatic hydroxyl groups excluding tert-OH is 1. The first-order valence-corrected chi connectivity index (χ1v) is 10.5. The highest BCUT2D eigenvalue weighted by Gasteiger charge is 2.37. The molecule has 0 bridgehead atoms. The SMILES string of the molecule is CC(C)(C)OC(=O)N1CCC(c2nc(-c3ccc(F)c(C(F)(F)F)c3)cn2CCO)C(F)C1. The van der Waals surface area contributed by atoms with Gasteiger partial charge in [-0.3, -0.25) is 0 Å². The molecular formula is C22H26F5N3O3. The van der Waals surface area contributed by atoms with Crippen molar-refractivity contribution in [2.45, 2.75) is 57.6 Å². The highest BCUT2D eigenvalue weighted by molar-refractivity contribution is 5.68. The molecule has 1 saturated heterocycles. The number of carbonyl (C=O) groups excluding carboxylic acids is 1. The molecule has 3 rings (SSSR count). The molecule has 2 heterocycles. The van der Waals surface area contributed by atoms with E-state index in [0.29, 0.717) is 12.1 Å². The summed E-state index contributed by atoms with van der Waals surface area (Å²) in [4.78, 5) is 17.9. The summed E-state index contributed by atoms with van der Waals surface area (Å²) in [6.07, 6.45) is -5.40. The van der Waals surface area contributed by atoms with E-state index in [1.54, 1.807) is 20.8 Å². The van der Waals surface area contributed by atoms with Crippen LogP contribution in [-0.4, -0.2) is 57.1 Å². The lowest BCUT2D eigenvalue weighted by molar-refractivity contribution is -0.139. The molecule has 2 unspecified atom stereocenters. The number of piperidine rings is 1. The Kier molecular flexibility index (Phi) is 7.01. The summed E-state index contributed by atoms with van der Waals surface area (Å²) >= 11 is 0. The predicted molar refractivity (Wildman–Crippen MR) is 110 cm³/mol. The fourth-order valence-corrected chi connectivity index (χ4v) is 3.74. The highest BCUT2D eigenvalue weighted by atomic mass is 19.4. The Morgan fingerprint density at radius 3 is 2.55 bits per heavy atom. The van der Waals surface area contributed by atoms with Gasteiger partial charge in [0.25, 0.3) is 0 Å². The zero-order chi connectivity index (χ0) is 24.6. The van der Waals surface area contributed by atoms with Crippen molar-refractivity contribution in [3.05, 3.63) is 41.6 Å². The number of aliphatic hydroxyl groups is 1. The van der Waals surface area contributed by atoms with E-state index in [1.165, 1.54) is 15.7 Å². The second kappa shape index (κ2) is 9.28. The number of amides is 1. The summed E-state index contributed by atoms with van der Waals surface area (Å²) < 4.78 is 74.9. The van der Waals surface area contributed by atoms with Crippen molar-refractivity contribution in [2.75, 3.05) is 19.7 Å². The van der Waals surface area contributed by atoms with E-state index in [2.05, 4.69) is 4.98 Å². The first-order valence-electron chi connectivity index (χ1n) is 10.5. The van der Waals surface area contributed by atoms with Crippen LogP contribution in [-0.2, 0) is 17.5 Å². The van der Waals surface area contributed by atoms with Crippen LogP contribution >= 0.6 is 0 Å². The van der Waals surface area contributed by atoms with Gasteiger partial charge in [0.1, 0.15) is 23.4 Å². The van der Waals surface area contributed by atoms with Crippen molar-refractivity contribution in [3.63, 3.8) is 0 Å². The third-order valence-electron chi connectivity index (χ3n) is 5.24. The van der Waals surface area contributed by atoms with Crippen LogP contribution < -0.4 is 0 Å². The molecule has 1 amide bonds. The number of alkyl halides is 4. The number of carbonyl (C=O) groups is 1. The largest absolute Gasteiger partial charge is 0.444 e. The van der Waals surface area contributed by atoms with Crippen molar-refractivity contribution in [1.29, 1.82) is 0 Å². The van der Waals surface area contributed by atoms with Gasteiger partial charge < -0.3 is 19.3 Å². The molecule has 6 nitrogen and oxygen atoms in total. The third kappa shape index (κ3) is 5.82. The van der Waals surface area contributed by atoms with Gasteiger partial charge >= 0.3 is 12.3 Å². The number of ether oxygens (including phenoxy) is 1. The van der Waals surface area contributed by atoms with E-state index >= 15 is 4.39 Å². The first kappa shape index (κ1) is 24.9. The molecule has 1 N–H and O–H groups in total. The van der Waals surface area contributed by atoms with Crippen LogP contribution in [0.3, 0.4) is 0 Å². The number of nitrogens with zero attached hydrogens (tertiary/aromatic N) is 3. The number of hydrogen-bond donors (Lipinski definition) is 1. The Morgan fingerprint density at radius 2 is 1.97 bits per heavy atom. The molecule has 0 saturated carbocycles. The molecule has 1 aromatic carbocycles. The van der Waals surface area contributed by atoms with Gasteiger partial charge in [-0.15, -0.1) is 0 Å². The van der Waals surface area contributed by atoms with Gasteiger partial charge in [0.15, 0.2) is 0 Å². The van der Waals surface area contributed by atoms with Crippen molar-refractivity contribution >= 4 is 6.09 Å². The Bertz CT molecular complexity index is 1000. The lowest BCUT2D eigenvalue weighted by Crippen LogP contribution is -2.46. The summed E-state index contributed by atoms with van der Waals surface area (Å²) in [5.74, 6) is -1.90. The summed E-state index contributed by atoms with van der Waals surface area (Å²) in [5.41, 5.74) is -2.03. The van der Waals surface area contributed by atoms with Crippen molar-refractivity contribution in [3.8, 4) is 11.3 Å². The van der Waals surface area contributed by atoms with Gasteiger partial charge in [0, 0.05) is 24.8 Å². The van der Waals surface area contributed by atoms with E-state index in [9.17, 15) is 27.5 Å². The molecule has 0 radical (unpaired) electrons. The number of imidazole rings is 1. The third-order valence-corrected chi connectivity index (χ3v) is 5.24. The Labute approximate surface area is 188 Å². The van der Waals surface area contributed by atoms with Crippen LogP contribution in [0.5, 0.6) is 0 Å². The average molecular weight is 475 g/mol. The van der Waals surface area contributed by atoms with Gasteiger partial charge in [-0.25, -0.2) is 18.6 Å². The van der Waals surface area contributed by atoms with Gasteiger partial charge in [-0.1, -0.05) is 0 Å². The molecule has 0 spiro atoms. The normalized spacial score (nSPS) is 19.6. The molecule has 11 heteroatoms. The van der Waals surface area contributed by atoms with E-state index < -0.39 is 41.3 Å². The molecule has 1 fully saturated rings. The molecule has 33 heavy (non-hydrogen) atoms. The van der Waals surface area contributed by atoms with Crippen molar-refractivity contribution in [1.82, 2.24) is 14.5 Å². The number of benzene rings is 1. The standard InChI is InChI=1S/C22H26F5N3O3/c1-21(2,3)33-20(32)30-7-6-14(17(24)11-30)19-28-18(12-29(19)8-9-31)13-4-5-16(23)15(10-13)22(25,26)27/h4-5,10,12,14,17,31H,6-9,11H2,1-3H3. The molecule has 1 aliphatic heterocycles. The average Bonchev–Trinajstić information content (AvgIpc) is 3.10. The van der Waals surface area contributed by atoms with Crippen LogP contribution in [0.2, 0.25) is 0 Å². The fraction of sp³-hybridized carbons (Fsp3) is 0.545. The fourth-order valence-electron chi connectivity index (χ4n) is 3.74. The minimum Gasteiger partial charge on any atom is -0.444 e. The van der Waals surface area contributed by atoms with Crippen LogP contribution in [0.4, 0.5) is 26.7 Å². The summed E-state index contributed by atoms with van der Waals surface area (Å²) in [7, 11) is 0. The number of aromatic nitrogens is 2. The quantitative estimate of drug-likeness (QED) is 0.648. The molecule has 182 valence electrons. The topological polar surface area (TPSA) is 67.6 Å². The minimum atomic E-state index is -4.88. The molecule has 0 aliphatic carbocycles. The Hall–Kier alpha value is -2.69. The van der Waals surface area contributed by atoms with Gasteiger partial charge in [0.05, 0.1) is 30.3 Å². The number of hydrogen-bond acceptors (Lipinski definition) is 4. The second-order valence-electron chi connectivity index (χ2n) is 8.93. The second-order valence-corrected chi connectivity index (χ2v) is 8.93.